The normalized spacial score (nSPS) is 17.4. The number of halogens is 3. The average Bonchev–Trinajstić information content (AvgIpc) is 2.84. The van der Waals surface area contributed by atoms with Gasteiger partial charge in [0, 0.05) is 0 Å². The van der Waals surface area contributed by atoms with Gasteiger partial charge in [0.15, 0.2) is 0 Å². The number of ether oxygens (including phenoxy) is 3. The Bertz CT molecular complexity index is 670. The van der Waals surface area contributed by atoms with Gasteiger partial charge in [-0.25, -0.2) is 0 Å². The molecule has 9 heteroatoms. The number of nitrogens with zero attached hydrogens (tertiary/aromatic N) is 2. The van der Waals surface area contributed by atoms with Crippen LogP contribution in [0.4, 0.5) is 19.0 Å². The predicted octanol–water partition coefficient (Wildman–Crippen LogP) is 2.34. The number of imidazole rings is 1. The van der Waals surface area contributed by atoms with Crippen LogP contribution in [-0.4, -0.2) is 28.6 Å². The minimum atomic E-state index is -4.69. The van der Waals surface area contributed by atoms with E-state index in [-0.39, 0.29) is 18.5 Å². The van der Waals surface area contributed by atoms with Crippen LogP contribution in [0.5, 0.6) is 11.8 Å². The zero-order valence-electron chi connectivity index (χ0n) is 11.9. The predicted molar refractivity (Wildman–Crippen MR) is 73.8 cm³/mol. The summed E-state index contributed by atoms with van der Waals surface area (Å²) in [5.74, 6) is 0.113. The third-order valence-corrected chi connectivity index (χ3v) is 3.20. The number of fused-ring (bicyclic) bond motifs is 1. The van der Waals surface area contributed by atoms with Gasteiger partial charge >= 0.3 is 6.36 Å². The molecule has 2 aromatic rings. The molecule has 0 aliphatic carbocycles. The SMILES string of the molecule is Nc1cn2c(n1)OC[C@@H](OCc1ccc(OC(F)(F)F)cc1)C2. The van der Waals surface area contributed by atoms with Gasteiger partial charge in [-0.1, -0.05) is 12.1 Å². The lowest BCUT2D eigenvalue weighted by Crippen LogP contribution is -2.32. The number of nitrogens with two attached hydrogens (primary N) is 1. The highest BCUT2D eigenvalue weighted by atomic mass is 19.4. The van der Waals surface area contributed by atoms with E-state index < -0.39 is 6.36 Å². The lowest BCUT2D eigenvalue weighted by molar-refractivity contribution is -0.274. The molecule has 0 saturated heterocycles. The lowest BCUT2D eigenvalue weighted by atomic mass is 10.2. The van der Waals surface area contributed by atoms with Crippen LogP contribution >= 0.6 is 0 Å². The molecule has 0 amide bonds. The summed E-state index contributed by atoms with van der Waals surface area (Å²) in [5.41, 5.74) is 6.31. The van der Waals surface area contributed by atoms with E-state index in [0.717, 1.165) is 5.56 Å². The third kappa shape index (κ3) is 4.07. The number of nitrogen functional groups attached to an aromatic ring is 1. The van der Waals surface area contributed by atoms with E-state index in [0.29, 0.717) is 25.0 Å². The van der Waals surface area contributed by atoms with Gasteiger partial charge in [0.05, 0.1) is 19.3 Å². The molecule has 23 heavy (non-hydrogen) atoms. The Morgan fingerprint density at radius 2 is 2.04 bits per heavy atom. The molecule has 1 aromatic heterocycles. The van der Waals surface area contributed by atoms with Crippen LogP contribution < -0.4 is 15.2 Å². The van der Waals surface area contributed by atoms with Gasteiger partial charge in [-0.3, -0.25) is 4.57 Å². The zero-order valence-corrected chi connectivity index (χ0v) is 11.9. The van der Waals surface area contributed by atoms with Crippen LogP contribution in [0.15, 0.2) is 30.5 Å². The van der Waals surface area contributed by atoms with E-state index in [1.165, 1.54) is 24.3 Å². The van der Waals surface area contributed by atoms with Crippen LogP contribution in [0, 0.1) is 0 Å². The van der Waals surface area contributed by atoms with E-state index in [1.807, 2.05) is 0 Å². The Morgan fingerprint density at radius 3 is 2.74 bits per heavy atom. The second kappa shape index (κ2) is 5.99. The molecule has 0 bridgehead atoms. The van der Waals surface area contributed by atoms with Crippen molar-refractivity contribution in [2.75, 3.05) is 12.3 Å². The quantitative estimate of drug-likeness (QED) is 0.932. The van der Waals surface area contributed by atoms with Gasteiger partial charge in [0.25, 0.3) is 6.01 Å². The van der Waals surface area contributed by atoms with Crippen LogP contribution in [-0.2, 0) is 17.9 Å². The highest BCUT2D eigenvalue weighted by Gasteiger charge is 2.31. The summed E-state index contributed by atoms with van der Waals surface area (Å²) in [6, 6.07) is 5.99. The van der Waals surface area contributed by atoms with Crippen molar-refractivity contribution in [1.29, 1.82) is 0 Å². The van der Waals surface area contributed by atoms with E-state index in [9.17, 15) is 13.2 Å². The second-order valence-corrected chi connectivity index (χ2v) is 5.04. The summed E-state index contributed by atoms with van der Waals surface area (Å²) in [5, 5.41) is 0. The minimum absolute atomic E-state index is 0.192. The third-order valence-electron chi connectivity index (χ3n) is 3.20. The maximum absolute atomic E-state index is 12.1. The van der Waals surface area contributed by atoms with Crippen LogP contribution in [0.3, 0.4) is 0 Å². The van der Waals surface area contributed by atoms with E-state index in [2.05, 4.69) is 9.72 Å². The number of hydrogen-bond donors (Lipinski definition) is 1. The number of hydrogen-bond acceptors (Lipinski definition) is 5. The van der Waals surface area contributed by atoms with Gasteiger partial charge < -0.3 is 19.9 Å². The summed E-state index contributed by atoms with van der Waals surface area (Å²) in [4.78, 5) is 4.00. The Labute approximate surface area is 129 Å². The fourth-order valence-corrected chi connectivity index (χ4v) is 2.21. The Kier molecular flexibility index (Phi) is 4.03. The van der Waals surface area contributed by atoms with Crippen molar-refractivity contribution in [3.63, 3.8) is 0 Å². The van der Waals surface area contributed by atoms with Crippen molar-refractivity contribution in [2.45, 2.75) is 25.6 Å². The summed E-state index contributed by atoms with van der Waals surface area (Å²) in [6.45, 7) is 1.14. The first-order chi connectivity index (χ1) is 10.9. The molecule has 1 aliphatic heterocycles. The van der Waals surface area contributed by atoms with Gasteiger partial charge in [-0.2, -0.15) is 4.98 Å². The molecule has 1 aliphatic rings. The maximum Gasteiger partial charge on any atom is 0.573 e. The van der Waals surface area contributed by atoms with Crippen LogP contribution in [0.25, 0.3) is 0 Å². The first-order valence-corrected chi connectivity index (χ1v) is 6.81. The topological polar surface area (TPSA) is 71.5 Å². The maximum atomic E-state index is 12.1. The van der Waals surface area contributed by atoms with Crippen molar-refractivity contribution >= 4 is 5.82 Å². The molecule has 0 saturated carbocycles. The van der Waals surface area contributed by atoms with Gasteiger partial charge in [0.2, 0.25) is 0 Å². The van der Waals surface area contributed by atoms with Crippen LogP contribution in [0.1, 0.15) is 5.56 Å². The Hall–Kier alpha value is -2.42. The second-order valence-electron chi connectivity index (χ2n) is 5.04. The standard InChI is InChI=1S/C14H14F3N3O3/c15-14(16,17)23-10-3-1-9(2-4-10)7-21-11-5-20-6-12(18)19-13(20)22-8-11/h1-4,6,11H,5,7-8,18H2/t11-/m0/s1. The molecular formula is C14H14F3N3O3. The zero-order chi connectivity index (χ0) is 16.4. The summed E-state index contributed by atoms with van der Waals surface area (Å²) in [7, 11) is 0. The van der Waals surface area contributed by atoms with Gasteiger partial charge in [-0.05, 0) is 17.7 Å². The molecule has 0 spiro atoms. The molecule has 124 valence electrons. The van der Waals surface area contributed by atoms with E-state index in [1.54, 1.807) is 10.8 Å². The molecule has 1 aromatic carbocycles. The number of benzene rings is 1. The lowest BCUT2D eigenvalue weighted by Gasteiger charge is -2.24. The van der Waals surface area contributed by atoms with Crippen LogP contribution in [0.2, 0.25) is 0 Å². The van der Waals surface area contributed by atoms with Crippen molar-refractivity contribution < 1.29 is 27.4 Å². The molecule has 0 fully saturated rings. The van der Waals surface area contributed by atoms with Crippen molar-refractivity contribution in [3.8, 4) is 11.8 Å². The molecule has 2 heterocycles. The smallest absolute Gasteiger partial charge is 0.462 e. The number of rotatable bonds is 4. The molecule has 3 rings (SSSR count). The molecule has 0 unspecified atom stereocenters. The fraction of sp³-hybridized carbons (Fsp3) is 0.357. The molecule has 2 N–H and O–H groups in total. The largest absolute Gasteiger partial charge is 0.573 e. The van der Waals surface area contributed by atoms with Crippen molar-refractivity contribution in [2.24, 2.45) is 0 Å². The van der Waals surface area contributed by atoms with Gasteiger partial charge in [-0.15, -0.1) is 13.2 Å². The molecule has 0 radical (unpaired) electrons. The minimum Gasteiger partial charge on any atom is -0.462 e. The number of aromatic nitrogens is 2. The summed E-state index contributed by atoms with van der Waals surface area (Å²) >= 11 is 0. The summed E-state index contributed by atoms with van der Waals surface area (Å²) in [6.07, 6.45) is -3.22. The molecule has 1 atom stereocenters. The monoisotopic (exact) mass is 329 g/mol. The van der Waals surface area contributed by atoms with Crippen molar-refractivity contribution in [1.82, 2.24) is 9.55 Å². The summed E-state index contributed by atoms with van der Waals surface area (Å²) < 4.78 is 52.9. The van der Waals surface area contributed by atoms with E-state index >= 15 is 0 Å². The Morgan fingerprint density at radius 1 is 1.30 bits per heavy atom. The molecule has 6 nitrogen and oxygen atoms in total. The first-order valence-electron chi connectivity index (χ1n) is 6.81. The highest BCUT2D eigenvalue weighted by Crippen LogP contribution is 2.24. The van der Waals surface area contributed by atoms with Gasteiger partial charge in [0.1, 0.15) is 24.3 Å². The first kappa shape index (κ1) is 15.5. The van der Waals surface area contributed by atoms with Crippen molar-refractivity contribution in [3.05, 3.63) is 36.0 Å². The fourth-order valence-electron chi connectivity index (χ4n) is 2.21. The highest BCUT2D eigenvalue weighted by molar-refractivity contribution is 5.29. The molecular weight excluding hydrogens is 315 g/mol. The number of anilines is 1. The number of alkyl halides is 3. The Balaban J connectivity index is 1.53. The van der Waals surface area contributed by atoms with E-state index in [4.69, 9.17) is 15.2 Å². The average molecular weight is 329 g/mol.